The van der Waals surface area contributed by atoms with Crippen molar-refractivity contribution in [2.24, 2.45) is 5.41 Å². The van der Waals surface area contributed by atoms with Crippen LogP contribution in [0.25, 0.3) is 0 Å². The quantitative estimate of drug-likeness (QED) is 0.844. The maximum Gasteiger partial charge on any atom is 0.126 e. The number of hydrogen-bond acceptors (Lipinski definition) is 2. The molecule has 0 radical (unpaired) electrons. The number of ether oxygens (including phenoxy) is 1. The van der Waals surface area contributed by atoms with Crippen LogP contribution in [0.15, 0.2) is 18.2 Å². The molecule has 2 rings (SSSR count). The van der Waals surface area contributed by atoms with Crippen LogP contribution in [-0.2, 0) is 0 Å². The van der Waals surface area contributed by atoms with E-state index >= 15 is 0 Å². The monoisotopic (exact) mass is 289 g/mol. The van der Waals surface area contributed by atoms with Crippen LogP contribution in [-0.4, -0.2) is 12.1 Å². The lowest BCUT2D eigenvalue weighted by atomic mass is 9.81. The van der Waals surface area contributed by atoms with Crippen molar-refractivity contribution in [3.8, 4) is 5.75 Å². The fourth-order valence-electron chi connectivity index (χ4n) is 3.76. The first-order valence-electron chi connectivity index (χ1n) is 8.18. The molecule has 0 bridgehead atoms. The predicted molar refractivity (Wildman–Crippen MR) is 89.9 cm³/mol. The van der Waals surface area contributed by atoms with Crippen molar-refractivity contribution < 1.29 is 4.74 Å². The lowest BCUT2D eigenvalue weighted by Gasteiger charge is -2.37. The third-order valence-electron chi connectivity index (χ3n) is 4.04. The van der Waals surface area contributed by atoms with Gasteiger partial charge in [0.05, 0.1) is 6.61 Å². The Morgan fingerprint density at radius 2 is 1.90 bits per heavy atom. The molecular formula is C19H31NO. The van der Waals surface area contributed by atoms with Crippen molar-refractivity contribution >= 4 is 0 Å². The fraction of sp³-hybridized carbons (Fsp3) is 0.684. The van der Waals surface area contributed by atoms with E-state index in [1.54, 1.807) is 0 Å². The number of fused-ring (bicyclic) bond motifs is 1. The first kappa shape index (κ1) is 16.4. The first-order chi connectivity index (χ1) is 9.68. The van der Waals surface area contributed by atoms with Crippen LogP contribution < -0.4 is 10.1 Å². The predicted octanol–water partition coefficient (Wildman–Crippen LogP) is 5.01. The third-order valence-corrected chi connectivity index (χ3v) is 4.04. The third kappa shape index (κ3) is 4.47. The summed E-state index contributed by atoms with van der Waals surface area (Å²) in [4.78, 5) is 0. The highest BCUT2D eigenvalue weighted by Crippen LogP contribution is 2.36. The van der Waals surface area contributed by atoms with Gasteiger partial charge in [0.1, 0.15) is 5.75 Å². The second kappa shape index (κ2) is 6.00. The zero-order valence-electron chi connectivity index (χ0n) is 14.5. The van der Waals surface area contributed by atoms with Crippen LogP contribution in [0.4, 0.5) is 0 Å². The van der Waals surface area contributed by atoms with Crippen molar-refractivity contribution in [1.29, 1.82) is 0 Å². The van der Waals surface area contributed by atoms with Gasteiger partial charge < -0.3 is 10.1 Å². The van der Waals surface area contributed by atoms with Gasteiger partial charge in [-0.2, -0.15) is 0 Å². The molecule has 1 N–H and O–H groups in total. The highest BCUT2D eigenvalue weighted by atomic mass is 16.5. The normalized spacial score (nSPS) is 19.6. The number of para-hydroxylation sites is 1. The zero-order chi connectivity index (χ0) is 15.7. The SMILES string of the molecule is Cc1cccc2c1OCCCC2NC(C)(C)CC(C)(C)C. The highest BCUT2D eigenvalue weighted by molar-refractivity contribution is 5.43. The summed E-state index contributed by atoms with van der Waals surface area (Å²) in [5.41, 5.74) is 3.02. The van der Waals surface area contributed by atoms with Crippen LogP contribution in [0.2, 0.25) is 0 Å². The Hall–Kier alpha value is -1.02. The molecular weight excluding hydrogens is 258 g/mol. The minimum atomic E-state index is 0.119. The van der Waals surface area contributed by atoms with Crippen LogP contribution >= 0.6 is 0 Å². The number of rotatable bonds is 3. The molecule has 1 aromatic rings. The minimum Gasteiger partial charge on any atom is -0.493 e. The summed E-state index contributed by atoms with van der Waals surface area (Å²) in [5.74, 6) is 1.10. The largest absolute Gasteiger partial charge is 0.493 e. The van der Waals surface area contributed by atoms with E-state index in [2.05, 4.69) is 65.1 Å². The Balaban J connectivity index is 2.23. The summed E-state index contributed by atoms with van der Waals surface area (Å²) in [6.45, 7) is 14.5. The minimum absolute atomic E-state index is 0.119. The van der Waals surface area contributed by atoms with Crippen LogP contribution in [0.5, 0.6) is 5.75 Å². The summed E-state index contributed by atoms with van der Waals surface area (Å²) in [6, 6.07) is 6.90. The van der Waals surface area contributed by atoms with Crippen molar-refractivity contribution in [2.45, 2.75) is 72.4 Å². The summed E-state index contributed by atoms with van der Waals surface area (Å²) in [7, 11) is 0. The molecule has 0 fully saturated rings. The Kier molecular flexibility index (Phi) is 4.67. The molecule has 118 valence electrons. The lowest BCUT2D eigenvalue weighted by molar-refractivity contribution is 0.218. The second-order valence-electron chi connectivity index (χ2n) is 8.30. The topological polar surface area (TPSA) is 21.3 Å². The van der Waals surface area contributed by atoms with Gasteiger partial charge in [-0.3, -0.25) is 0 Å². The van der Waals surface area contributed by atoms with Gasteiger partial charge in [-0.15, -0.1) is 0 Å². The van der Waals surface area contributed by atoms with E-state index in [1.807, 2.05) is 0 Å². The van der Waals surface area contributed by atoms with Gasteiger partial charge in [0, 0.05) is 17.1 Å². The van der Waals surface area contributed by atoms with Crippen molar-refractivity contribution in [3.05, 3.63) is 29.3 Å². The molecule has 0 spiro atoms. The Labute approximate surface area is 130 Å². The molecule has 1 aliphatic heterocycles. The zero-order valence-corrected chi connectivity index (χ0v) is 14.5. The fourth-order valence-corrected chi connectivity index (χ4v) is 3.76. The Morgan fingerprint density at radius 3 is 2.57 bits per heavy atom. The van der Waals surface area contributed by atoms with Crippen LogP contribution in [0.3, 0.4) is 0 Å². The van der Waals surface area contributed by atoms with Crippen molar-refractivity contribution in [3.63, 3.8) is 0 Å². The molecule has 0 aliphatic carbocycles. The van der Waals surface area contributed by atoms with Crippen molar-refractivity contribution in [2.75, 3.05) is 6.61 Å². The molecule has 1 atom stereocenters. The molecule has 2 nitrogen and oxygen atoms in total. The maximum atomic E-state index is 5.98. The van der Waals surface area contributed by atoms with Crippen LogP contribution in [0.1, 0.15) is 71.0 Å². The van der Waals surface area contributed by atoms with E-state index in [-0.39, 0.29) is 5.54 Å². The number of aryl methyl sites for hydroxylation is 1. The molecule has 1 aromatic carbocycles. The molecule has 0 saturated carbocycles. The van der Waals surface area contributed by atoms with E-state index in [4.69, 9.17) is 4.74 Å². The molecule has 0 aromatic heterocycles. The molecule has 2 heteroatoms. The van der Waals surface area contributed by atoms with E-state index in [0.717, 1.165) is 31.6 Å². The summed E-state index contributed by atoms with van der Waals surface area (Å²) in [5, 5.41) is 3.90. The van der Waals surface area contributed by atoms with E-state index in [9.17, 15) is 0 Å². The van der Waals surface area contributed by atoms with Crippen LogP contribution in [0, 0.1) is 12.3 Å². The van der Waals surface area contributed by atoms with Gasteiger partial charge in [-0.05, 0) is 51.0 Å². The number of benzene rings is 1. The Bertz CT molecular complexity index is 485. The molecule has 0 amide bonds. The van der Waals surface area contributed by atoms with E-state index in [1.165, 1.54) is 11.1 Å². The first-order valence-corrected chi connectivity index (χ1v) is 8.18. The molecule has 1 unspecified atom stereocenters. The molecule has 1 heterocycles. The molecule has 21 heavy (non-hydrogen) atoms. The average molecular weight is 289 g/mol. The number of nitrogens with one attached hydrogen (secondary N) is 1. The van der Waals surface area contributed by atoms with Gasteiger partial charge in [0.25, 0.3) is 0 Å². The lowest BCUT2D eigenvalue weighted by Crippen LogP contribution is -2.44. The average Bonchev–Trinajstić information content (AvgIpc) is 2.49. The van der Waals surface area contributed by atoms with Gasteiger partial charge >= 0.3 is 0 Å². The van der Waals surface area contributed by atoms with E-state index < -0.39 is 0 Å². The van der Waals surface area contributed by atoms with Gasteiger partial charge in [-0.25, -0.2) is 0 Å². The van der Waals surface area contributed by atoms with Gasteiger partial charge in [0.2, 0.25) is 0 Å². The van der Waals surface area contributed by atoms with Gasteiger partial charge in [0.15, 0.2) is 0 Å². The molecule has 1 aliphatic rings. The summed E-state index contributed by atoms with van der Waals surface area (Å²) < 4.78 is 5.98. The standard InChI is InChI=1S/C19H31NO/c1-14-9-7-10-15-16(11-8-12-21-17(14)15)20-19(5,6)13-18(2,3)4/h7,9-10,16,20H,8,11-13H2,1-6H3. The summed E-state index contributed by atoms with van der Waals surface area (Å²) in [6.07, 6.45) is 3.40. The number of hydrogen-bond donors (Lipinski definition) is 1. The summed E-state index contributed by atoms with van der Waals surface area (Å²) >= 11 is 0. The van der Waals surface area contributed by atoms with Gasteiger partial charge in [-0.1, -0.05) is 39.0 Å². The maximum absolute atomic E-state index is 5.98. The Morgan fingerprint density at radius 1 is 1.19 bits per heavy atom. The smallest absolute Gasteiger partial charge is 0.126 e. The van der Waals surface area contributed by atoms with Crippen molar-refractivity contribution in [1.82, 2.24) is 5.32 Å². The molecule has 0 saturated heterocycles. The van der Waals surface area contributed by atoms with E-state index in [0.29, 0.717) is 11.5 Å². The highest BCUT2D eigenvalue weighted by Gasteiger charge is 2.30. The second-order valence-corrected chi connectivity index (χ2v) is 8.30.